The van der Waals surface area contributed by atoms with Crippen LogP contribution in [0.5, 0.6) is 0 Å². The van der Waals surface area contributed by atoms with E-state index in [2.05, 4.69) is 32.9 Å². The molecule has 0 saturated carbocycles. The lowest BCUT2D eigenvalue weighted by atomic mass is 10.1. The van der Waals surface area contributed by atoms with Crippen LogP contribution in [0, 0.1) is 5.82 Å². The van der Waals surface area contributed by atoms with Crippen molar-refractivity contribution in [1.29, 1.82) is 0 Å². The number of nitrogens with zero attached hydrogens (tertiary/aromatic N) is 6. The van der Waals surface area contributed by atoms with Crippen molar-refractivity contribution in [2.45, 2.75) is 38.8 Å². The van der Waals surface area contributed by atoms with E-state index in [9.17, 15) is 4.39 Å². The van der Waals surface area contributed by atoms with Gasteiger partial charge in [0.05, 0.1) is 15.7 Å². The summed E-state index contributed by atoms with van der Waals surface area (Å²) in [5.74, 6) is 1.99. The van der Waals surface area contributed by atoms with Gasteiger partial charge in [0.1, 0.15) is 11.6 Å². The zero-order valence-corrected chi connectivity index (χ0v) is 20.8. The summed E-state index contributed by atoms with van der Waals surface area (Å²) < 4.78 is 18.3. The molecular weight excluding hydrogens is 482 g/mol. The number of piperazine rings is 1. The number of hydrogen-bond donors (Lipinski definition) is 0. The van der Waals surface area contributed by atoms with E-state index in [1.807, 2.05) is 11.4 Å². The second kappa shape index (κ2) is 9.24. The molecule has 3 aromatic rings. The molecule has 2 atom stereocenters. The highest BCUT2D eigenvalue weighted by Gasteiger charge is 2.29. The van der Waals surface area contributed by atoms with Crippen LogP contribution in [0.3, 0.4) is 0 Å². The van der Waals surface area contributed by atoms with Crippen LogP contribution in [0.25, 0.3) is 11.3 Å². The van der Waals surface area contributed by atoms with Crippen molar-refractivity contribution in [2.24, 2.45) is 0 Å². The van der Waals surface area contributed by atoms with Gasteiger partial charge in [-0.3, -0.25) is 0 Å². The second-order valence-electron chi connectivity index (χ2n) is 8.70. The van der Waals surface area contributed by atoms with Crippen LogP contribution in [0.15, 0.2) is 29.6 Å². The smallest absolute Gasteiger partial charge is 0.228 e. The van der Waals surface area contributed by atoms with Crippen molar-refractivity contribution in [1.82, 2.24) is 14.3 Å². The fourth-order valence-corrected chi connectivity index (χ4v) is 5.73. The number of benzene rings is 1. The van der Waals surface area contributed by atoms with Crippen LogP contribution in [0.2, 0.25) is 10.0 Å². The van der Waals surface area contributed by atoms with Gasteiger partial charge in [0.15, 0.2) is 5.82 Å². The van der Waals surface area contributed by atoms with Gasteiger partial charge in [-0.05, 0) is 56.4 Å². The summed E-state index contributed by atoms with van der Waals surface area (Å²) in [6, 6.07) is 7.29. The highest BCUT2D eigenvalue weighted by Crippen LogP contribution is 2.33. The molecule has 0 aliphatic carbocycles. The second-order valence-corrected chi connectivity index (χ2v) is 10.1. The van der Waals surface area contributed by atoms with Gasteiger partial charge in [-0.15, -0.1) is 0 Å². The normalized spacial score (nSPS) is 21.2. The maximum atomic E-state index is 13.8. The number of rotatable bonds is 4. The molecule has 6 nitrogen and oxygen atoms in total. The van der Waals surface area contributed by atoms with Crippen molar-refractivity contribution in [3.63, 3.8) is 0 Å². The summed E-state index contributed by atoms with van der Waals surface area (Å²) in [5, 5.41) is 2.65. The van der Waals surface area contributed by atoms with E-state index in [0.29, 0.717) is 17.0 Å². The van der Waals surface area contributed by atoms with Gasteiger partial charge in [-0.2, -0.15) is 9.36 Å². The molecule has 2 unspecified atom stereocenters. The number of halogens is 3. The van der Waals surface area contributed by atoms with Crippen LogP contribution in [0.1, 0.15) is 26.7 Å². The van der Waals surface area contributed by atoms with Gasteiger partial charge in [-0.1, -0.05) is 23.2 Å². The minimum atomic E-state index is -0.437. The molecule has 1 aromatic carbocycles. The lowest BCUT2D eigenvalue weighted by Crippen LogP contribution is -2.52. The van der Waals surface area contributed by atoms with Crippen molar-refractivity contribution >= 4 is 52.3 Å². The molecule has 2 aliphatic rings. The number of hydrogen-bond acceptors (Lipinski definition) is 7. The zero-order chi connectivity index (χ0) is 23.1. The van der Waals surface area contributed by atoms with Gasteiger partial charge in [-0.25, -0.2) is 9.37 Å². The molecule has 2 aromatic heterocycles. The van der Waals surface area contributed by atoms with Gasteiger partial charge >= 0.3 is 0 Å². The average Bonchev–Trinajstić information content (AvgIpc) is 3.43. The molecule has 174 valence electrons. The SMILES string of the molecule is CC1CN(c2nscc2Cl)CCN1c1cc(-c2ccc(F)c(Cl)c2)nc(N2CCCC2C)n1. The molecule has 10 heteroatoms. The Hall–Kier alpha value is -2.16. The lowest BCUT2D eigenvalue weighted by molar-refractivity contribution is 0.543. The van der Waals surface area contributed by atoms with E-state index in [0.717, 1.165) is 61.9 Å². The fourth-order valence-electron chi connectivity index (χ4n) is 4.65. The highest BCUT2D eigenvalue weighted by atomic mass is 35.5. The third kappa shape index (κ3) is 4.48. The Kier molecular flexibility index (Phi) is 6.33. The first-order chi connectivity index (χ1) is 15.9. The first kappa shape index (κ1) is 22.6. The van der Waals surface area contributed by atoms with E-state index < -0.39 is 5.82 Å². The summed E-state index contributed by atoms with van der Waals surface area (Å²) in [7, 11) is 0. The topological polar surface area (TPSA) is 48.4 Å². The van der Waals surface area contributed by atoms with Crippen LogP contribution >= 0.6 is 34.7 Å². The molecule has 33 heavy (non-hydrogen) atoms. The van der Waals surface area contributed by atoms with Crippen molar-refractivity contribution in [3.8, 4) is 11.3 Å². The highest BCUT2D eigenvalue weighted by molar-refractivity contribution is 7.04. The molecule has 0 N–H and O–H groups in total. The Morgan fingerprint density at radius 3 is 2.52 bits per heavy atom. The summed E-state index contributed by atoms with van der Waals surface area (Å²) in [5.41, 5.74) is 1.52. The standard InChI is InChI=1S/C23H25Cl2FN6S/c1-14-4-3-7-32(14)23-27-20(16-5-6-19(26)17(24)10-16)11-21(28-23)31-9-8-30(12-15(31)2)22-18(25)13-33-29-22/h5-6,10-11,13-15H,3-4,7-9,12H2,1-2H3. The van der Waals surface area contributed by atoms with E-state index in [1.165, 1.54) is 17.6 Å². The Balaban J connectivity index is 1.49. The van der Waals surface area contributed by atoms with Gasteiger partial charge in [0, 0.05) is 55.3 Å². The molecule has 0 amide bonds. The van der Waals surface area contributed by atoms with Crippen molar-refractivity contribution < 1.29 is 4.39 Å². The first-order valence-corrected chi connectivity index (χ1v) is 12.7. The fraction of sp³-hybridized carbons (Fsp3) is 0.435. The minimum Gasteiger partial charge on any atom is -0.351 e. The maximum absolute atomic E-state index is 13.8. The molecular formula is C23H25Cl2FN6S. The molecule has 4 heterocycles. The third-order valence-electron chi connectivity index (χ3n) is 6.46. The summed E-state index contributed by atoms with van der Waals surface area (Å²) in [6.45, 7) is 7.69. The number of anilines is 3. The van der Waals surface area contributed by atoms with Crippen LogP contribution in [-0.4, -0.2) is 52.6 Å². The quantitative estimate of drug-likeness (QED) is 0.448. The number of aromatic nitrogens is 3. The average molecular weight is 507 g/mol. The van der Waals surface area contributed by atoms with Gasteiger partial charge in [0.25, 0.3) is 0 Å². The lowest BCUT2D eigenvalue weighted by Gasteiger charge is -2.41. The molecule has 0 radical (unpaired) electrons. The molecule has 2 saturated heterocycles. The Morgan fingerprint density at radius 2 is 1.85 bits per heavy atom. The molecule has 2 aliphatic heterocycles. The van der Waals surface area contributed by atoms with Gasteiger partial charge in [0.2, 0.25) is 5.95 Å². The monoisotopic (exact) mass is 506 g/mol. The van der Waals surface area contributed by atoms with E-state index >= 15 is 0 Å². The van der Waals surface area contributed by atoms with E-state index in [1.54, 1.807) is 12.1 Å². The molecule has 0 spiro atoms. The van der Waals surface area contributed by atoms with Crippen molar-refractivity contribution in [3.05, 3.63) is 45.5 Å². The van der Waals surface area contributed by atoms with E-state index in [-0.39, 0.29) is 11.1 Å². The third-order valence-corrected chi connectivity index (χ3v) is 7.77. The van der Waals surface area contributed by atoms with Crippen molar-refractivity contribution in [2.75, 3.05) is 40.9 Å². The Bertz CT molecular complexity index is 1160. The van der Waals surface area contributed by atoms with Crippen LogP contribution in [-0.2, 0) is 0 Å². The Morgan fingerprint density at radius 1 is 1.00 bits per heavy atom. The summed E-state index contributed by atoms with van der Waals surface area (Å²) in [6.07, 6.45) is 2.24. The van der Waals surface area contributed by atoms with Gasteiger partial charge < -0.3 is 14.7 Å². The molecule has 2 fully saturated rings. The maximum Gasteiger partial charge on any atom is 0.228 e. The zero-order valence-electron chi connectivity index (χ0n) is 18.5. The van der Waals surface area contributed by atoms with E-state index in [4.69, 9.17) is 33.2 Å². The molecule has 0 bridgehead atoms. The van der Waals surface area contributed by atoms with Crippen LogP contribution in [0.4, 0.5) is 22.0 Å². The Labute approximate surface area is 207 Å². The minimum absolute atomic E-state index is 0.0888. The predicted molar refractivity (Wildman–Crippen MR) is 135 cm³/mol. The summed E-state index contributed by atoms with van der Waals surface area (Å²) >= 11 is 13.8. The van der Waals surface area contributed by atoms with Crippen LogP contribution < -0.4 is 14.7 Å². The first-order valence-electron chi connectivity index (χ1n) is 11.1. The molecule has 5 rings (SSSR count). The largest absolute Gasteiger partial charge is 0.351 e. The predicted octanol–water partition coefficient (Wildman–Crippen LogP) is 5.75. The summed E-state index contributed by atoms with van der Waals surface area (Å²) in [4.78, 5) is 16.6.